The summed E-state index contributed by atoms with van der Waals surface area (Å²) in [7, 11) is 0. The first-order valence-electron chi connectivity index (χ1n) is 9.73. The third kappa shape index (κ3) is 6.86. The van der Waals surface area contributed by atoms with E-state index in [0.29, 0.717) is 37.0 Å². The Morgan fingerprint density at radius 3 is 2.29 bits per heavy atom. The molecule has 8 nitrogen and oxygen atoms in total. The topological polar surface area (TPSA) is 93.0 Å². The van der Waals surface area contributed by atoms with Gasteiger partial charge in [0.05, 0.1) is 11.3 Å². The highest BCUT2D eigenvalue weighted by molar-refractivity contribution is 7.99. The number of benzene rings is 2. The Bertz CT molecular complexity index is 916. The van der Waals surface area contributed by atoms with E-state index in [4.69, 9.17) is 16.3 Å². The van der Waals surface area contributed by atoms with Crippen molar-refractivity contribution in [3.8, 4) is 0 Å². The predicted octanol–water partition coefficient (Wildman–Crippen LogP) is 3.62. The minimum atomic E-state index is -0.432. The Morgan fingerprint density at radius 1 is 1.03 bits per heavy atom. The van der Waals surface area contributed by atoms with Gasteiger partial charge in [-0.2, -0.15) is 0 Å². The smallest absolute Gasteiger partial charge is 0.307 e. The molecule has 0 atom stereocenters. The number of esters is 1. The van der Waals surface area contributed by atoms with Gasteiger partial charge >= 0.3 is 5.97 Å². The van der Waals surface area contributed by atoms with Crippen LogP contribution in [0.5, 0.6) is 0 Å². The Morgan fingerprint density at radius 2 is 1.68 bits per heavy atom. The largest absolute Gasteiger partial charge is 0.456 e. The van der Waals surface area contributed by atoms with Crippen molar-refractivity contribution in [2.75, 3.05) is 43.4 Å². The predicted molar refractivity (Wildman–Crippen MR) is 120 cm³/mol. The molecular weight excluding hydrogens is 442 g/mol. The number of ether oxygens (including phenoxy) is 1. The number of thioether (sulfide) groups is 1. The van der Waals surface area contributed by atoms with Crippen LogP contribution in [0.25, 0.3) is 0 Å². The van der Waals surface area contributed by atoms with Gasteiger partial charge in [0.25, 0.3) is 11.6 Å². The molecule has 164 valence electrons. The second kappa shape index (κ2) is 11.0. The molecule has 0 radical (unpaired) electrons. The number of piperazine rings is 1. The van der Waals surface area contributed by atoms with Crippen molar-refractivity contribution in [2.24, 2.45) is 0 Å². The average Bonchev–Trinajstić information content (AvgIpc) is 2.79. The molecule has 31 heavy (non-hydrogen) atoms. The first-order chi connectivity index (χ1) is 14.9. The number of hydrogen-bond acceptors (Lipinski definition) is 7. The fourth-order valence-corrected chi connectivity index (χ4v) is 4.05. The van der Waals surface area contributed by atoms with E-state index in [2.05, 4.69) is 4.90 Å². The number of non-ortho nitro benzene ring substituents is 1. The van der Waals surface area contributed by atoms with Gasteiger partial charge in [0.2, 0.25) is 0 Å². The van der Waals surface area contributed by atoms with Crippen LogP contribution in [0.2, 0.25) is 5.02 Å². The minimum absolute atomic E-state index is 0.0472. The van der Waals surface area contributed by atoms with Gasteiger partial charge < -0.3 is 14.5 Å². The molecule has 0 unspecified atom stereocenters. The van der Waals surface area contributed by atoms with Gasteiger partial charge in [-0.3, -0.25) is 19.7 Å². The van der Waals surface area contributed by atoms with Crippen molar-refractivity contribution in [1.29, 1.82) is 0 Å². The molecule has 0 N–H and O–H groups in total. The van der Waals surface area contributed by atoms with Crippen molar-refractivity contribution < 1.29 is 19.2 Å². The van der Waals surface area contributed by atoms with Gasteiger partial charge in [-0.15, -0.1) is 11.8 Å². The van der Waals surface area contributed by atoms with E-state index >= 15 is 0 Å². The number of amides is 1. The van der Waals surface area contributed by atoms with Gasteiger partial charge in [-0.05, 0) is 36.4 Å². The number of nitro benzene ring substituents is 1. The van der Waals surface area contributed by atoms with Gasteiger partial charge in [0.1, 0.15) is 0 Å². The quantitative estimate of drug-likeness (QED) is 0.255. The Hall–Kier alpha value is -2.78. The number of nitrogens with zero attached hydrogens (tertiary/aromatic N) is 3. The maximum atomic E-state index is 12.3. The number of hydrogen-bond donors (Lipinski definition) is 0. The summed E-state index contributed by atoms with van der Waals surface area (Å²) >= 11 is 7.36. The van der Waals surface area contributed by atoms with Crippen LogP contribution >= 0.6 is 23.4 Å². The van der Waals surface area contributed by atoms with Crippen LogP contribution < -0.4 is 4.90 Å². The molecule has 1 amide bonds. The molecule has 1 saturated heterocycles. The zero-order chi connectivity index (χ0) is 22.2. The van der Waals surface area contributed by atoms with Crippen molar-refractivity contribution >= 4 is 46.6 Å². The van der Waals surface area contributed by atoms with Crippen molar-refractivity contribution in [3.05, 3.63) is 63.7 Å². The zero-order valence-corrected chi connectivity index (χ0v) is 18.3. The van der Waals surface area contributed by atoms with E-state index in [-0.39, 0.29) is 24.6 Å². The maximum absolute atomic E-state index is 12.3. The van der Waals surface area contributed by atoms with Crippen LogP contribution in [0.1, 0.15) is 6.42 Å². The molecule has 1 heterocycles. The van der Waals surface area contributed by atoms with Crippen LogP contribution in [-0.2, 0) is 14.3 Å². The number of rotatable bonds is 8. The molecule has 3 rings (SSSR count). The second-order valence-electron chi connectivity index (χ2n) is 6.85. The van der Waals surface area contributed by atoms with E-state index in [1.165, 1.54) is 23.9 Å². The fraction of sp³-hybridized carbons (Fsp3) is 0.333. The highest BCUT2D eigenvalue weighted by atomic mass is 35.5. The molecule has 1 aliphatic heterocycles. The molecule has 1 fully saturated rings. The van der Waals surface area contributed by atoms with Gasteiger partial charge in [-0.1, -0.05) is 11.6 Å². The Labute approximate surface area is 189 Å². The first-order valence-corrected chi connectivity index (χ1v) is 11.1. The van der Waals surface area contributed by atoms with Crippen molar-refractivity contribution in [1.82, 2.24) is 4.90 Å². The van der Waals surface area contributed by atoms with E-state index < -0.39 is 10.9 Å². The van der Waals surface area contributed by atoms with Crippen molar-refractivity contribution in [3.63, 3.8) is 0 Å². The van der Waals surface area contributed by atoms with Crippen LogP contribution in [0.15, 0.2) is 53.4 Å². The van der Waals surface area contributed by atoms with E-state index in [9.17, 15) is 19.7 Å². The fourth-order valence-electron chi connectivity index (χ4n) is 3.09. The normalized spacial score (nSPS) is 13.7. The SMILES string of the molecule is O=C(CCSc1ccc(Cl)cc1)OCC(=O)N1CCN(c2ccc([N+](=O)[O-])cc2)CC1. The monoisotopic (exact) mass is 463 g/mol. The number of carbonyl (C=O) groups is 2. The number of anilines is 1. The molecule has 0 spiro atoms. The Balaban J connectivity index is 1.35. The molecule has 1 aliphatic rings. The molecule has 2 aromatic rings. The second-order valence-corrected chi connectivity index (χ2v) is 8.46. The number of nitro groups is 1. The Kier molecular flexibility index (Phi) is 8.13. The average molecular weight is 464 g/mol. The lowest BCUT2D eigenvalue weighted by atomic mass is 10.2. The summed E-state index contributed by atoms with van der Waals surface area (Å²) in [5, 5.41) is 11.4. The van der Waals surface area contributed by atoms with E-state index in [1.54, 1.807) is 29.2 Å². The van der Waals surface area contributed by atoms with Crippen LogP contribution in [0, 0.1) is 10.1 Å². The number of halogens is 1. The summed E-state index contributed by atoms with van der Waals surface area (Å²) < 4.78 is 5.12. The zero-order valence-electron chi connectivity index (χ0n) is 16.7. The van der Waals surface area contributed by atoms with Crippen LogP contribution in [0.3, 0.4) is 0 Å². The van der Waals surface area contributed by atoms with Crippen LogP contribution in [0.4, 0.5) is 11.4 Å². The first kappa shape index (κ1) is 22.9. The minimum Gasteiger partial charge on any atom is -0.456 e. The molecule has 0 saturated carbocycles. The van der Waals surface area contributed by atoms with Crippen molar-refractivity contribution in [2.45, 2.75) is 11.3 Å². The van der Waals surface area contributed by atoms with E-state index in [0.717, 1.165) is 10.6 Å². The lowest BCUT2D eigenvalue weighted by Gasteiger charge is -2.36. The standard InChI is InChI=1S/C21H22ClN3O5S/c22-16-1-7-19(8-2-16)31-14-9-21(27)30-15-20(26)24-12-10-23(11-13-24)17-3-5-18(6-4-17)25(28)29/h1-8H,9-15H2. The molecule has 10 heteroatoms. The summed E-state index contributed by atoms with van der Waals surface area (Å²) in [6.45, 7) is 1.95. The third-order valence-electron chi connectivity index (χ3n) is 4.80. The summed E-state index contributed by atoms with van der Waals surface area (Å²) in [5.74, 6) is -0.0656. The highest BCUT2D eigenvalue weighted by Crippen LogP contribution is 2.22. The molecule has 0 aromatic heterocycles. The maximum Gasteiger partial charge on any atom is 0.307 e. The summed E-state index contributed by atoms with van der Waals surface area (Å²) in [6, 6.07) is 13.7. The lowest BCUT2D eigenvalue weighted by molar-refractivity contribution is -0.384. The molecular formula is C21H22ClN3O5S. The van der Waals surface area contributed by atoms with Gasteiger partial charge in [-0.25, -0.2) is 0 Å². The lowest BCUT2D eigenvalue weighted by Crippen LogP contribution is -2.49. The number of carbonyl (C=O) groups excluding carboxylic acids is 2. The van der Waals surface area contributed by atoms with Gasteiger partial charge in [0, 0.05) is 59.7 Å². The van der Waals surface area contributed by atoms with Gasteiger partial charge in [0.15, 0.2) is 6.61 Å². The highest BCUT2D eigenvalue weighted by Gasteiger charge is 2.22. The molecule has 2 aromatic carbocycles. The summed E-state index contributed by atoms with van der Waals surface area (Å²) in [4.78, 5) is 39.3. The molecule has 0 bridgehead atoms. The summed E-state index contributed by atoms with van der Waals surface area (Å²) in [5.41, 5.74) is 0.924. The summed E-state index contributed by atoms with van der Waals surface area (Å²) in [6.07, 6.45) is 0.217. The van der Waals surface area contributed by atoms with Crippen LogP contribution in [-0.4, -0.2) is 60.2 Å². The third-order valence-corrected chi connectivity index (χ3v) is 6.07. The molecule has 0 aliphatic carbocycles. The van der Waals surface area contributed by atoms with E-state index in [1.807, 2.05) is 12.1 Å².